The van der Waals surface area contributed by atoms with Gasteiger partial charge in [-0.05, 0) is 66.9 Å². The summed E-state index contributed by atoms with van der Waals surface area (Å²) in [6.45, 7) is 4.53. The van der Waals surface area contributed by atoms with E-state index in [1.807, 2.05) is 32.0 Å². The van der Waals surface area contributed by atoms with E-state index in [1.54, 1.807) is 54.9 Å². The van der Waals surface area contributed by atoms with Crippen molar-refractivity contribution >= 4 is 23.1 Å². The zero-order valence-corrected chi connectivity index (χ0v) is 18.0. The largest absolute Gasteiger partial charge is 0.507 e. The number of anilines is 1. The van der Waals surface area contributed by atoms with E-state index in [0.29, 0.717) is 29.2 Å². The zero-order chi connectivity index (χ0) is 22.7. The first-order valence-corrected chi connectivity index (χ1v) is 10.5. The molecule has 6 nitrogen and oxygen atoms in total. The fourth-order valence-corrected chi connectivity index (χ4v) is 3.81. The van der Waals surface area contributed by atoms with E-state index in [9.17, 15) is 14.7 Å². The lowest BCUT2D eigenvalue weighted by Gasteiger charge is -2.25. The number of nitrogens with zero attached hydrogens (tertiary/aromatic N) is 2. The van der Waals surface area contributed by atoms with Gasteiger partial charge in [0.25, 0.3) is 11.7 Å². The average molecular weight is 428 g/mol. The summed E-state index contributed by atoms with van der Waals surface area (Å²) in [5.74, 6) is -0.972. The summed E-state index contributed by atoms with van der Waals surface area (Å²) in [6.07, 6.45) is 4.11. The van der Waals surface area contributed by atoms with E-state index < -0.39 is 17.7 Å². The van der Waals surface area contributed by atoms with Crippen molar-refractivity contribution in [3.8, 4) is 5.75 Å². The molecule has 1 atom stereocenters. The number of hydrogen-bond donors (Lipinski definition) is 1. The van der Waals surface area contributed by atoms with Gasteiger partial charge in [0.2, 0.25) is 0 Å². The predicted molar refractivity (Wildman–Crippen MR) is 122 cm³/mol. The van der Waals surface area contributed by atoms with Crippen LogP contribution in [0.15, 0.2) is 78.6 Å². The first-order chi connectivity index (χ1) is 15.5. The Balaban J connectivity index is 1.84. The van der Waals surface area contributed by atoms with Crippen LogP contribution in [0.2, 0.25) is 0 Å². The summed E-state index contributed by atoms with van der Waals surface area (Å²) in [6, 6.07) is 17.0. The van der Waals surface area contributed by atoms with Crippen LogP contribution in [0.1, 0.15) is 36.1 Å². The van der Waals surface area contributed by atoms with Crippen LogP contribution in [-0.4, -0.2) is 28.4 Å². The summed E-state index contributed by atoms with van der Waals surface area (Å²) in [4.78, 5) is 31.8. The van der Waals surface area contributed by atoms with Crippen LogP contribution < -0.4 is 9.64 Å². The molecule has 3 aromatic rings. The Bertz CT molecular complexity index is 1170. The number of aryl methyl sites for hydroxylation is 1. The molecule has 0 bridgehead atoms. The molecule has 1 aromatic heterocycles. The third-order valence-electron chi connectivity index (χ3n) is 5.33. The number of ether oxygens (including phenoxy) is 1. The topological polar surface area (TPSA) is 79.7 Å². The van der Waals surface area contributed by atoms with Gasteiger partial charge in [-0.3, -0.25) is 19.5 Å². The molecule has 1 aliphatic rings. The smallest absolute Gasteiger partial charge is 0.300 e. The monoisotopic (exact) mass is 428 g/mol. The van der Waals surface area contributed by atoms with E-state index in [0.717, 1.165) is 12.0 Å². The van der Waals surface area contributed by atoms with Crippen molar-refractivity contribution in [2.75, 3.05) is 11.5 Å². The van der Waals surface area contributed by atoms with Crippen LogP contribution in [0.5, 0.6) is 5.75 Å². The molecule has 2 heterocycles. The van der Waals surface area contributed by atoms with Crippen molar-refractivity contribution in [2.24, 2.45) is 0 Å². The van der Waals surface area contributed by atoms with Crippen molar-refractivity contribution in [1.29, 1.82) is 0 Å². The summed E-state index contributed by atoms with van der Waals surface area (Å²) in [5, 5.41) is 11.1. The summed E-state index contributed by atoms with van der Waals surface area (Å²) in [7, 11) is 0. The maximum atomic E-state index is 13.1. The second-order valence-corrected chi connectivity index (χ2v) is 7.67. The predicted octanol–water partition coefficient (Wildman–Crippen LogP) is 4.81. The van der Waals surface area contributed by atoms with E-state index in [4.69, 9.17) is 4.74 Å². The van der Waals surface area contributed by atoms with Gasteiger partial charge in [0.05, 0.1) is 18.2 Å². The van der Waals surface area contributed by atoms with E-state index >= 15 is 0 Å². The van der Waals surface area contributed by atoms with Gasteiger partial charge in [-0.1, -0.05) is 25.1 Å². The van der Waals surface area contributed by atoms with Gasteiger partial charge in [0.1, 0.15) is 11.5 Å². The number of benzene rings is 2. The van der Waals surface area contributed by atoms with Crippen molar-refractivity contribution in [3.63, 3.8) is 0 Å². The molecule has 0 aliphatic carbocycles. The molecule has 1 amide bonds. The molecule has 4 rings (SSSR count). The SMILES string of the molecule is CCCOc1ccc(/C(O)=C2\C(=O)C(=O)N(c3cccc(C)c3)C2c2cccnc2)cc1. The highest BCUT2D eigenvalue weighted by Gasteiger charge is 2.47. The minimum atomic E-state index is -0.790. The third kappa shape index (κ3) is 3.99. The number of aliphatic hydroxyl groups is 1. The van der Waals surface area contributed by atoms with Crippen molar-refractivity contribution in [3.05, 3.63) is 95.3 Å². The Labute approximate surface area is 186 Å². The maximum absolute atomic E-state index is 13.1. The molecule has 1 unspecified atom stereocenters. The van der Waals surface area contributed by atoms with Crippen LogP contribution in [-0.2, 0) is 9.59 Å². The quantitative estimate of drug-likeness (QED) is 0.346. The number of carbonyl (C=O) groups excluding carboxylic acids is 2. The molecule has 162 valence electrons. The molecule has 1 aliphatic heterocycles. The highest BCUT2D eigenvalue weighted by Crippen LogP contribution is 2.42. The van der Waals surface area contributed by atoms with Crippen LogP contribution in [0.4, 0.5) is 5.69 Å². The molecule has 1 N–H and O–H groups in total. The highest BCUT2D eigenvalue weighted by atomic mass is 16.5. The Hall–Kier alpha value is -3.93. The average Bonchev–Trinajstić information content (AvgIpc) is 3.08. The molecule has 0 saturated carbocycles. The maximum Gasteiger partial charge on any atom is 0.300 e. The minimum absolute atomic E-state index is 0.0340. The number of amides is 1. The molecule has 32 heavy (non-hydrogen) atoms. The first kappa shape index (κ1) is 21.3. The van der Waals surface area contributed by atoms with Gasteiger partial charge in [-0.15, -0.1) is 0 Å². The number of aliphatic hydroxyl groups excluding tert-OH is 1. The van der Waals surface area contributed by atoms with Gasteiger partial charge in [0, 0.05) is 23.6 Å². The standard InChI is InChI=1S/C26H24N2O4/c1-3-14-32-21-11-9-18(10-12-21)24(29)22-23(19-7-5-13-27-16-19)28(26(31)25(22)30)20-8-4-6-17(2)15-20/h4-13,15-16,23,29H,3,14H2,1-2H3/b24-22+. The summed E-state index contributed by atoms with van der Waals surface area (Å²) >= 11 is 0. The molecule has 6 heteroatoms. The van der Waals surface area contributed by atoms with Crippen molar-refractivity contribution < 1.29 is 19.4 Å². The van der Waals surface area contributed by atoms with Gasteiger partial charge in [-0.2, -0.15) is 0 Å². The Kier molecular flexibility index (Phi) is 6.03. The number of rotatable bonds is 6. The second kappa shape index (κ2) is 9.06. The lowest BCUT2D eigenvalue weighted by molar-refractivity contribution is -0.132. The van der Waals surface area contributed by atoms with Crippen molar-refractivity contribution in [2.45, 2.75) is 26.3 Å². The molecule has 1 saturated heterocycles. The minimum Gasteiger partial charge on any atom is -0.507 e. The van der Waals surface area contributed by atoms with Crippen molar-refractivity contribution in [1.82, 2.24) is 4.98 Å². The molecular weight excluding hydrogens is 404 g/mol. The fourth-order valence-electron chi connectivity index (χ4n) is 3.81. The van der Waals surface area contributed by atoms with Crippen LogP contribution in [0.3, 0.4) is 0 Å². The lowest BCUT2D eigenvalue weighted by atomic mass is 9.96. The second-order valence-electron chi connectivity index (χ2n) is 7.67. The Morgan fingerprint density at radius 3 is 2.53 bits per heavy atom. The first-order valence-electron chi connectivity index (χ1n) is 10.5. The van der Waals surface area contributed by atoms with Crippen LogP contribution in [0.25, 0.3) is 5.76 Å². The van der Waals surface area contributed by atoms with Gasteiger partial charge in [-0.25, -0.2) is 0 Å². The van der Waals surface area contributed by atoms with E-state index in [-0.39, 0.29) is 11.3 Å². The van der Waals surface area contributed by atoms with E-state index in [2.05, 4.69) is 4.98 Å². The number of carbonyl (C=O) groups is 2. The van der Waals surface area contributed by atoms with Crippen LogP contribution >= 0.6 is 0 Å². The molecule has 1 fully saturated rings. The number of pyridine rings is 1. The number of hydrogen-bond acceptors (Lipinski definition) is 5. The van der Waals surface area contributed by atoms with Gasteiger partial charge in [0.15, 0.2) is 0 Å². The lowest BCUT2D eigenvalue weighted by Crippen LogP contribution is -2.29. The molecular formula is C26H24N2O4. The molecule has 2 aromatic carbocycles. The summed E-state index contributed by atoms with van der Waals surface area (Å²) < 4.78 is 5.59. The van der Waals surface area contributed by atoms with Crippen LogP contribution in [0, 0.1) is 6.92 Å². The normalized spacial score (nSPS) is 17.6. The zero-order valence-electron chi connectivity index (χ0n) is 18.0. The Morgan fingerprint density at radius 2 is 1.88 bits per heavy atom. The summed E-state index contributed by atoms with van der Waals surface area (Å²) in [5.41, 5.74) is 2.65. The third-order valence-corrected chi connectivity index (χ3v) is 5.33. The van der Waals surface area contributed by atoms with Gasteiger partial charge < -0.3 is 9.84 Å². The number of aromatic nitrogens is 1. The van der Waals surface area contributed by atoms with E-state index in [1.165, 1.54) is 4.90 Å². The number of ketones is 1. The highest BCUT2D eigenvalue weighted by molar-refractivity contribution is 6.51. The molecule has 0 radical (unpaired) electrons. The van der Waals surface area contributed by atoms with Gasteiger partial charge >= 0.3 is 0 Å². The fraction of sp³-hybridized carbons (Fsp3) is 0.192. The number of Topliss-reactive ketones (excluding diaryl/α,β-unsaturated/α-hetero) is 1. The Morgan fingerprint density at radius 1 is 1.09 bits per heavy atom. The molecule has 0 spiro atoms.